The van der Waals surface area contributed by atoms with Gasteiger partial charge in [-0.1, -0.05) is 30.3 Å². The van der Waals surface area contributed by atoms with E-state index in [0.717, 1.165) is 11.1 Å². The molecule has 8 heteroatoms. The summed E-state index contributed by atoms with van der Waals surface area (Å²) in [7, 11) is 0. The van der Waals surface area contributed by atoms with Crippen molar-refractivity contribution in [1.82, 2.24) is 19.9 Å². The first kappa shape index (κ1) is 18.4. The van der Waals surface area contributed by atoms with Crippen LogP contribution < -0.4 is 10.3 Å². The number of nitrogens with one attached hydrogen (secondary N) is 2. The van der Waals surface area contributed by atoms with Crippen molar-refractivity contribution in [2.75, 3.05) is 6.61 Å². The highest BCUT2D eigenvalue weighted by Gasteiger charge is 2.15. The first-order valence-corrected chi connectivity index (χ1v) is 9.07. The van der Waals surface area contributed by atoms with Gasteiger partial charge in [0.15, 0.2) is 11.2 Å². The number of imidazole rings is 1. The van der Waals surface area contributed by atoms with Crippen LogP contribution in [0.3, 0.4) is 0 Å². The Morgan fingerprint density at radius 1 is 1.17 bits per heavy atom. The van der Waals surface area contributed by atoms with Gasteiger partial charge in [0.1, 0.15) is 11.6 Å². The molecule has 146 valence electrons. The quantitative estimate of drug-likeness (QED) is 0.465. The number of carboxylic acid groups (broad SMARTS) is 1. The van der Waals surface area contributed by atoms with Gasteiger partial charge in [0.2, 0.25) is 0 Å². The fraction of sp³-hybridized carbons (Fsp3) is 0.143. The van der Waals surface area contributed by atoms with Crippen molar-refractivity contribution < 1.29 is 14.6 Å². The van der Waals surface area contributed by atoms with Gasteiger partial charge in [0, 0.05) is 0 Å². The van der Waals surface area contributed by atoms with Gasteiger partial charge in [-0.2, -0.15) is 0 Å². The van der Waals surface area contributed by atoms with Crippen molar-refractivity contribution in [1.29, 1.82) is 0 Å². The summed E-state index contributed by atoms with van der Waals surface area (Å²) < 4.78 is 5.80. The summed E-state index contributed by atoms with van der Waals surface area (Å²) in [6.07, 6.45) is 1.34. The molecule has 0 aliphatic carbocycles. The Labute approximate surface area is 165 Å². The average molecular weight is 390 g/mol. The van der Waals surface area contributed by atoms with Crippen LogP contribution in [0, 0.1) is 0 Å². The first-order chi connectivity index (χ1) is 14.1. The molecule has 0 unspecified atom stereocenters. The number of carbonyl (C=O) groups is 1. The summed E-state index contributed by atoms with van der Waals surface area (Å²) in [5.41, 5.74) is 3.25. The topological polar surface area (TPSA) is 121 Å². The van der Waals surface area contributed by atoms with Crippen LogP contribution in [0.15, 0.2) is 53.6 Å². The maximum atomic E-state index is 12.3. The number of rotatable bonds is 6. The van der Waals surface area contributed by atoms with E-state index in [4.69, 9.17) is 4.74 Å². The van der Waals surface area contributed by atoms with Gasteiger partial charge < -0.3 is 19.8 Å². The van der Waals surface area contributed by atoms with E-state index in [1.807, 2.05) is 37.3 Å². The number of nitrogens with zero attached hydrogens (tertiary/aromatic N) is 2. The number of aromatic amines is 2. The van der Waals surface area contributed by atoms with Crippen LogP contribution in [-0.2, 0) is 11.2 Å². The molecule has 3 N–H and O–H groups in total. The molecule has 0 spiro atoms. The number of fused-ring (bicyclic) bond motifs is 1. The molecule has 2 aromatic carbocycles. The van der Waals surface area contributed by atoms with E-state index < -0.39 is 5.97 Å². The minimum atomic E-state index is -0.895. The molecule has 29 heavy (non-hydrogen) atoms. The highest BCUT2D eigenvalue weighted by atomic mass is 16.5. The maximum Gasteiger partial charge on any atom is 0.307 e. The van der Waals surface area contributed by atoms with E-state index in [-0.39, 0.29) is 17.5 Å². The Kier molecular flexibility index (Phi) is 4.82. The number of carboxylic acids is 1. The minimum absolute atomic E-state index is 0.0761. The zero-order chi connectivity index (χ0) is 20.4. The molecule has 4 rings (SSSR count). The van der Waals surface area contributed by atoms with Gasteiger partial charge >= 0.3 is 5.97 Å². The monoisotopic (exact) mass is 390 g/mol. The molecule has 4 aromatic rings. The molecule has 0 fully saturated rings. The van der Waals surface area contributed by atoms with Crippen LogP contribution in [0.5, 0.6) is 5.75 Å². The van der Waals surface area contributed by atoms with Crippen molar-refractivity contribution in [3.05, 3.63) is 64.7 Å². The summed E-state index contributed by atoms with van der Waals surface area (Å²) in [4.78, 5) is 37.4. The summed E-state index contributed by atoms with van der Waals surface area (Å²) >= 11 is 0. The Hall–Kier alpha value is -3.94. The second-order valence-corrected chi connectivity index (χ2v) is 6.39. The van der Waals surface area contributed by atoms with Crippen LogP contribution in [0.1, 0.15) is 12.5 Å². The Bertz CT molecular complexity index is 1260. The van der Waals surface area contributed by atoms with E-state index in [9.17, 15) is 14.7 Å². The molecule has 0 bridgehead atoms. The predicted molar refractivity (Wildman–Crippen MR) is 108 cm³/mol. The molecule has 0 radical (unpaired) electrons. The van der Waals surface area contributed by atoms with Crippen LogP contribution in [0.2, 0.25) is 0 Å². The van der Waals surface area contributed by atoms with E-state index in [1.165, 1.54) is 6.33 Å². The lowest BCUT2D eigenvalue weighted by molar-refractivity contribution is -0.136. The normalized spacial score (nSPS) is 10.9. The average Bonchev–Trinajstić information content (AvgIpc) is 3.17. The van der Waals surface area contributed by atoms with Crippen molar-refractivity contribution in [2.45, 2.75) is 13.3 Å². The van der Waals surface area contributed by atoms with Crippen LogP contribution in [-0.4, -0.2) is 37.6 Å². The number of aromatic nitrogens is 4. The van der Waals surface area contributed by atoms with Gasteiger partial charge in [0.05, 0.1) is 24.9 Å². The number of ether oxygens (including phenoxy) is 1. The maximum absolute atomic E-state index is 12.3. The van der Waals surface area contributed by atoms with Gasteiger partial charge in [0.25, 0.3) is 5.56 Å². The lowest BCUT2D eigenvalue weighted by Gasteiger charge is -2.14. The highest BCUT2D eigenvalue weighted by molar-refractivity contribution is 5.80. The molecule has 0 aliphatic rings. The second kappa shape index (κ2) is 7.59. The number of aliphatic carboxylic acids is 1. The number of hydrogen-bond donors (Lipinski definition) is 3. The number of H-pyrrole nitrogens is 2. The van der Waals surface area contributed by atoms with Crippen molar-refractivity contribution >= 4 is 17.1 Å². The van der Waals surface area contributed by atoms with E-state index >= 15 is 0 Å². The largest absolute Gasteiger partial charge is 0.493 e. The third-order valence-electron chi connectivity index (χ3n) is 4.50. The number of benzene rings is 2. The first-order valence-electron chi connectivity index (χ1n) is 9.07. The standard InChI is InChI=1S/C21H18N4O4/c1-2-29-16-9-13(14-6-4-3-5-12(14)10-17(26)27)7-8-15(16)19-24-20-18(21(28)25-19)22-11-23-20/h3-9,11H,2,10H2,1H3,(H,26,27)(H2,22,23,24,25,28). The van der Waals surface area contributed by atoms with Crippen LogP contribution in [0.25, 0.3) is 33.7 Å². The third-order valence-corrected chi connectivity index (χ3v) is 4.50. The molecule has 0 saturated carbocycles. The molecule has 8 nitrogen and oxygen atoms in total. The molecule has 0 aliphatic heterocycles. The van der Waals surface area contributed by atoms with Gasteiger partial charge in [-0.3, -0.25) is 9.59 Å². The Balaban J connectivity index is 1.84. The highest BCUT2D eigenvalue weighted by Crippen LogP contribution is 2.34. The number of hydrogen-bond acceptors (Lipinski definition) is 5. The summed E-state index contributed by atoms with van der Waals surface area (Å²) in [5.74, 6) is 0.00597. The SMILES string of the molecule is CCOc1cc(-c2ccccc2CC(=O)O)ccc1-c1nc2[nH]cnc2c(=O)[nH]1. The fourth-order valence-corrected chi connectivity index (χ4v) is 3.25. The fourth-order valence-electron chi connectivity index (χ4n) is 3.25. The molecule has 0 atom stereocenters. The lowest BCUT2D eigenvalue weighted by atomic mass is 9.96. The van der Waals surface area contributed by atoms with Crippen molar-refractivity contribution in [3.8, 4) is 28.3 Å². The Morgan fingerprint density at radius 2 is 2.00 bits per heavy atom. The van der Waals surface area contributed by atoms with Crippen molar-refractivity contribution in [3.63, 3.8) is 0 Å². The van der Waals surface area contributed by atoms with Crippen LogP contribution in [0.4, 0.5) is 0 Å². The van der Waals surface area contributed by atoms with Crippen molar-refractivity contribution in [2.24, 2.45) is 0 Å². The van der Waals surface area contributed by atoms with Gasteiger partial charge in [-0.05, 0) is 35.7 Å². The van der Waals surface area contributed by atoms with E-state index in [1.54, 1.807) is 12.1 Å². The van der Waals surface area contributed by atoms with Crippen LogP contribution >= 0.6 is 0 Å². The molecular weight excluding hydrogens is 372 g/mol. The van der Waals surface area contributed by atoms with E-state index in [0.29, 0.717) is 35.0 Å². The zero-order valence-corrected chi connectivity index (χ0v) is 15.6. The Morgan fingerprint density at radius 3 is 2.79 bits per heavy atom. The van der Waals surface area contributed by atoms with Gasteiger partial charge in [-0.25, -0.2) is 9.97 Å². The molecule has 2 aromatic heterocycles. The predicted octanol–water partition coefficient (Wildman–Crippen LogP) is 3.01. The van der Waals surface area contributed by atoms with E-state index in [2.05, 4.69) is 19.9 Å². The molecule has 0 saturated heterocycles. The zero-order valence-electron chi connectivity index (χ0n) is 15.6. The summed E-state index contributed by atoms with van der Waals surface area (Å²) in [5, 5.41) is 9.19. The molecule has 0 amide bonds. The smallest absolute Gasteiger partial charge is 0.307 e. The molecule has 2 heterocycles. The summed E-state index contributed by atoms with van der Waals surface area (Å²) in [6, 6.07) is 12.8. The molecular formula is C21H18N4O4. The second-order valence-electron chi connectivity index (χ2n) is 6.39. The third kappa shape index (κ3) is 3.60. The summed E-state index contributed by atoms with van der Waals surface area (Å²) in [6.45, 7) is 2.28. The van der Waals surface area contributed by atoms with Gasteiger partial charge in [-0.15, -0.1) is 0 Å². The minimum Gasteiger partial charge on any atom is -0.493 e. The lowest BCUT2D eigenvalue weighted by Crippen LogP contribution is -2.10.